The van der Waals surface area contributed by atoms with Crippen LogP contribution in [0, 0.1) is 16.7 Å². The summed E-state index contributed by atoms with van der Waals surface area (Å²) in [6, 6.07) is 22.0. The summed E-state index contributed by atoms with van der Waals surface area (Å²) in [7, 11) is 0. The number of benzene rings is 2. The van der Waals surface area contributed by atoms with Gasteiger partial charge in [-0.25, -0.2) is 4.98 Å². The highest BCUT2D eigenvalue weighted by Crippen LogP contribution is 2.27. The third-order valence-electron chi connectivity index (χ3n) is 5.00. The summed E-state index contributed by atoms with van der Waals surface area (Å²) in [6.07, 6.45) is 1.89. The van der Waals surface area contributed by atoms with E-state index in [0.717, 1.165) is 24.0 Å². The molecule has 0 amide bonds. The molecule has 6 heteroatoms. The molecule has 0 saturated carbocycles. The van der Waals surface area contributed by atoms with E-state index in [9.17, 15) is 5.26 Å². The van der Waals surface area contributed by atoms with Crippen LogP contribution in [-0.2, 0) is 6.54 Å². The van der Waals surface area contributed by atoms with Crippen molar-refractivity contribution < 1.29 is 4.74 Å². The van der Waals surface area contributed by atoms with Gasteiger partial charge in [0.1, 0.15) is 28.6 Å². The van der Waals surface area contributed by atoms with Crippen LogP contribution in [0.25, 0.3) is 22.4 Å². The van der Waals surface area contributed by atoms with Gasteiger partial charge >= 0.3 is 0 Å². The molecule has 0 bridgehead atoms. The fraction of sp³-hybridized carbons (Fsp3) is 0.208. The van der Waals surface area contributed by atoms with Crippen LogP contribution in [0.5, 0.6) is 5.88 Å². The van der Waals surface area contributed by atoms with Crippen LogP contribution in [0.15, 0.2) is 60.7 Å². The molecule has 0 fully saturated rings. The largest absolute Gasteiger partial charge is 0.478 e. The van der Waals surface area contributed by atoms with E-state index in [-0.39, 0.29) is 5.49 Å². The number of nitriles is 1. The Bertz CT molecular complexity index is 1250. The smallest absolute Gasteiger partial charge is 0.211 e. The zero-order valence-electron chi connectivity index (χ0n) is 16.9. The number of hydrogen-bond donors (Lipinski definition) is 2. The predicted octanol–water partition coefficient (Wildman–Crippen LogP) is 4.61. The number of nitrogens with one attached hydrogen (secondary N) is 2. The van der Waals surface area contributed by atoms with E-state index < -0.39 is 0 Å². The zero-order valence-corrected chi connectivity index (χ0v) is 16.9. The Morgan fingerprint density at radius 2 is 1.80 bits per heavy atom. The van der Waals surface area contributed by atoms with Gasteiger partial charge in [0.2, 0.25) is 5.88 Å². The predicted molar refractivity (Wildman–Crippen MR) is 116 cm³/mol. The molecule has 0 aliphatic heterocycles. The number of nitrogens with zero attached hydrogens (tertiary/aromatic N) is 3. The van der Waals surface area contributed by atoms with Crippen molar-refractivity contribution in [2.45, 2.75) is 26.3 Å². The summed E-state index contributed by atoms with van der Waals surface area (Å²) >= 11 is 0. The summed E-state index contributed by atoms with van der Waals surface area (Å²) in [6.45, 7) is 3.08. The lowest BCUT2D eigenvalue weighted by molar-refractivity contribution is 0.299. The molecule has 0 radical (unpaired) electrons. The molecular weight excluding hydrogens is 374 g/mol. The Balaban J connectivity index is 1.93. The molecular formula is C24H23N5O. The lowest BCUT2D eigenvalue weighted by Crippen LogP contribution is -2.24. The monoisotopic (exact) mass is 397 g/mol. The third kappa shape index (κ3) is 3.70. The highest BCUT2D eigenvalue weighted by molar-refractivity contribution is 5.86. The molecule has 4 aromatic rings. The van der Waals surface area contributed by atoms with Gasteiger partial charge in [0.25, 0.3) is 0 Å². The molecule has 150 valence electrons. The van der Waals surface area contributed by atoms with Gasteiger partial charge in [0.05, 0.1) is 18.5 Å². The molecule has 0 spiro atoms. The van der Waals surface area contributed by atoms with Crippen LogP contribution >= 0.6 is 0 Å². The highest BCUT2D eigenvalue weighted by atomic mass is 16.5. The number of unbranched alkanes of at least 4 members (excludes halogenated alkanes) is 1. The van der Waals surface area contributed by atoms with Crippen LogP contribution in [0.2, 0.25) is 0 Å². The van der Waals surface area contributed by atoms with Gasteiger partial charge in [-0.3, -0.25) is 5.41 Å². The van der Waals surface area contributed by atoms with Crippen molar-refractivity contribution in [3.63, 3.8) is 0 Å². The summed E-state index contributed by atoms with van der Waals surface area (Å²) in [5.74, 6) is 1.06. The Morgan fingerprint density at radius 1 is 1.10 bits per heavy atom. The number of aromatic nitrogens is 3. The second kappa shape index (κ2) is 8.66. The topological polar surface area (TPSA) is 90.5 Å². The number of aromatic amines is 1. The van der Waals surface area contributed by atoms with E-state index in [4.69, 9.17) is 15.1 Å². The summed E-state index contributed by atoms with van der Waals surface area (Å²) in [5.41, 5.74) is 3.03. The van der Waals surface area contributed by atoms with Gasteiger partial charge in [-0.15, -0.1) is 0 Å². The van der Waals surface area contributed by atoms with E-state index in [1.807, 2.05) is 65.2 Å². The minimum absolute atomic E-state index is 0.237. The summed E-state index contributed by atoms with van der Waals surface area (Å²) in [4.78, 5) is 7.94. The van der Waals surface area contributed by atoms with Crippen molar-refractivity contribution in [2.75, 3.05) is 6.61 Å². The van der Waals surface area contributed by atoms with Gasteiger partial charge in [-0.2, -0.15) is 5.26 Å². The lowest BCUT2D eigenvalue weighted by Gasteiger charge is -2.14. The van der Waals surface area contributed by atoms with Gasteiger partial charge in [-0.1, -0.05) is 74.0 Å². The molecule has 2 N–H and O–H groups in total. The van der Waals surface area contributed by atoms with Crippen molar-refractivity contribution in [1.29, 1.82) is 10.7 Å². The molecule has 6 nitrogen and oxygen atoms in total. The standard InChI is InChI=1S/C24H23N5O/c1-2-3-14-30-24-19(15-25)20-21(26)29(16-17-10-6-4-7-11-17)23(27-22(20)28-24)18-12-8-5-9-13-18/h4-13,26,28H,2-3,14,16H2,1H3. The molecule has 0 atom stereocenters. The van der Waals surface area contributed by atoms with E-state index in [2.05, 4.69) is 18.0 Å². The van der Waals surface area contributed by atoms with Crippen molar-refractivity contribution >= 4 is 11.0 Å². The number of ether oxygens (including phenoxy) is 1. The minimum atomic E-state index is 0.237. The first-order valence-electron chi connectivity index (χ1n) is 10.1. The lowest BCUT2D eigenvalue weighted by atomic mass is 10.1. The van der Waals surface area contributed by atoms with Crippen LogP contribution < -0.4 is 10.2 Å². The first-order chi connectivity index (χ1) is 14.7. The molecule has 30 heavy (non-hydrogen) atoms. The molecule has 0 unspecified atom stereocenters. The first kappa shape index (κ1) is 19.5. The van der Waals surface area contributed by atoms with Crippen molar-refractivity contribution in [3.8, 4) is 23.3 Å². The molecule has 2 heterocycles. The maximum atomic E-state index is 9.78. The average molecular weight is 397 g/mol. The minimum Gasteiger partial charge on any atom is -0.478 e. The number of fused-ring (bicyclic) bond motifs is 1. The fourth-order valence-corrected chi connectivity index (χ4v) is 3.45. The van der Waals surface area contributed by atoms with Crippen LogP contribution in [0.1, 0.15) is 30.9 Å². The van der Waals surface area contributed by atoms with Gasteiger partial charge in [-0.05, 0) is 12.0 Å². The second-order valence-corrected chi connectivity index (χ2v) is 7.09. The van der Waals surface area contributed by atoms with E-state index in [1.165, 1.54) is 0 Å². The third-order valence-corrected chi connectivity index (χ3v) is 5.00. The highest BCUT2D eigenvalue weighted by Gasteiger charge is 2.20. The average Bonchev–Trinajstić information content (AvgIpc) is 3.14. The van der Waals surface area contributed by atoms with Gasteiger partial charge in [0, 0.05) is 5.56 Å². The zero-order chi connectivity index (χ0) is 20.9. The molecule has 0 aliphatic rings. The van der Waals surface area contributed by atoms with Crippen LogP contribution in [0.4, 0.5) is 0 Å². The molecule has 0 aliphatic carbocycles. The molecule has 2 aromatic heterocycles. The normalized spacial score (nSPS) is 10.8. The maximum Gasteiger partial charge on any atom is 0.211 e. The Kier molecular flexibility index (Phi) is 5.62. The molecule has 2 aromatic carbocycles. The van der Waals surface area contributed by atoms with Gasteiger partial charge in [0.15, 0.2) is 0 Å². The number of rotatable bonds is 7. The number of H-pyrrole nitrogens is 1. The van der Waals surface area contributed by atoms with Crippen LogP contribution in [-0.4, -0.2) is 21.1 Å². The molecule has 4 rings (SSSR count). The quantitative estimate of drug-likeness (QED) is 0.446. The Hall–Kier alpha value is -3.85. The fourth-order valence-electron chi connectivity index (χ4n) is 3.45. The van der Waals surface area contributed by atoms with E-state index in [1.54, 1.807) is 0 Å². The summed E-state index contributed by atoms with van der Waals surface area (Å²) < 4.78 is 7.65. The van der Waals surface area contributed by atoms with Crippen molar-refractivity contribution in [3.05, 3.63) is 77.3 Å². The van der Waals surface area contributed by atoms with Crippen molar-refractivity contribution in [1.82, 2.24) is 14.5 Å². The Labute approximate surface area is 174 Å². The van der Waals surface area contributed by atoms with Crippen LogP contribution in [0.3, 0.4) is 0 Å². The van der Waals surface area contributed by atoms with Gasteiger partial charge < -0.3 is 14.3 Å². The van der Waals surface area contributed by atoms with E-state index >= 15 is 0 Å². The molecule has 0 saturated heterocycles. The first-order valence-corrected chi connectivity index (χ1v) is 10.1. The maximum absolute atomic E-state index is 9.78. The SMILES string of the molecule is CCCCOc1[nH]c2nc(-c3ccccc3)n(Cc3ccccc3)c(=N)c2c1C#N. The second-order valence-electron chi connectivity index (χ2n) is 7.09. The Morgan fingerprint density at radius 3 is 2.47 bits per heavy atom. The number of hydrogen-bond acceptors (Lipinski definition) is 4. The van der Waals surface area contributed by atoms with Crippen molar-refractivity contribution in [2.24, 2.45) is 0 Å². The summed E-state index contributed by atoms with van der Waals surface area (Å²) in [5, 5.41) is 19.2. The van der Waals surface area contributed by atoms with E-state index in [0.29, 0.717) is 41.5 Å².